The Morgan fingerprint density at radius 1 is 1.40 bits per heavy atom. The van der Waals surface area contributed by atoms with Crippen molar-refractivity contribution >= 4 is 36.7 Å². The minimum absolute atomic E-state index is 0.132. The molecule has 0 atom stereocenters. The van der Waals surface area contributed by atoms with Gasteiger partial charge in [0.15, 0.2) is 14.9 Å². The molecule has 1 heterocycles. The Balaban J connectivity index is 2.92. The molecule has 0 fully saturated rings. The fourth-order valence-corrected chi connectivity index (χ4v) is 2.66. The third-order valence-corrected chi connectivity index (χ3v) is 3.63. The van der Waals surface area contributed by atoms with E-state index in [9.17, 15) is 8.42 Å². The molecule has 1 aromatic heterocycles. The fraction of sp³-hybridized carbons (Fsp3) is 0.222. The van der Waals surface area contributed by atoms with Gasteiger partial charge < -0.3 is 0 Å². The van der Waals surface area contributed by atoms with Crippen molar-refractivity contribution in [2.45, 2.75) is 5.03 Å². The second kappa shape index (κ2) is 3.31. The smallest absolute Gasteiger partial charge is 0.195 e. The van der Waals surface area contributed by atoms with E-state index in [2.05, 4.69) is 21.0 Å². The summed E-state index contributed by atoms with van der Waals surface area (Å²) in [6.45, 7) is 0. The van der Waals surface area contributed by atoms with E-state index in [0.717, 1.165) is 16.2 Å². The highest BCUT2D eigenvalue weighted by Crippen LogP contribution is 2.24. The summed E-state index contributed by atoms with van der Waals surface area (Å²) in [5.74, 6) is 0. The van der Waals surface area contributed by atoms with Crippen molar-refractivity contribution in [3.63, 3.8) is 0 Å². The molecule has 0 radical (unpaired) electrons. The normalized spacial score (nSPS) is 12.2. The van der Waals surface area contributed by atoms with Gasteiger partial charge in [-0.15, -0.1) is 0 Å². The van der Waals surface area contributed by atoms with Crippen LogP contribution in [0, 0.1) is 0 Å². The number of aryl methyl sites for hydroxylation is 1. The lowest BCUT2D eigenvalue weighted by Gasteiger charge is -1.94. The molecule has 0 aliphatic rings. The summed E-state index contributed by atoms with van der Waals surface area (Å²) in [6, 6.07) is 5.40. The lowest BCUT2D eigenvalue weighted by Crippen LogP contribution is -1.99. The first-order valence-corrected chi connectivity index (χ1v) is 6.90. The lowest BCUT2D eigenvalue weighted by molar-refractivity contribution is 0.595. The Labute approximate surface area is 95.9 Å². The second-order valence-corrected chi connectivity index (χ2v) is 6.21. The third-order valence-electron chi connectivity index (χ3n) is 2.13. The number of benzene rings is 1. The number of nitrogens with zero attached hydrogens (tertiary/aromatic N) is 2. The SMILES string of the molecule is Cn1nc(S(C)(=O)=O)c2ccc(Br)cc21. The molecule has 15 heavy (non-hydrogen) atoms. The maximum absolute atomic E-state index is 11.5. The van der Waals surface area contributed by atoms with Gasteiger partial charge in [-0.2, -0.15) is 5.10 Å². The van der Waals surface area contributed by atoms with E-state index in [4.69, 9.17) is 0 Å². The predicted molar refractivity (Wildman–Crippen MR) is 61.5 cm³/mol. The minimum atomic E-state index is -3.27. The van der Waals surface area contributed by atoms with E-state index in [1.54, 1.807) is 23.9 Å². The monoisotopic (exact) mass is 288 g/mol. The van der Waals surface area contributed by atoms with Crippen LogP contribution in [0.25, 0.3) is 10.9 Å². The Bertz CT molecular complexity index is 631. The zero-order chi connectivity index (χ0) is 11.2. The highest BCUT2D eigenvalue weighted by atomic mass is 79.9. The van der Waals surface area contributed by atoms with Crippen molar-refractivity contribution in [2.24, 2.45) is 7.05 Å². The molecule has 0 saturated carbocycles. The van der Waals surface area contributed by atoms with Crippen LogP contribution < -0.4 is 0 Å². The summed E-state index contributed by atoms with van der Waals surface area (Å²) >= 11 is 3.34. The molecule has 2 rings (SSSR count). The average molecular weight is 289 g/mol. The van der Waals surface area contributed by atoms with Crippen LogP contribution in [0.1, 0.15) is 0 Å². The molecule has 4 nitrogen and oxygen atoms in total. The number of sulfone groups is 1. The molecule has 0 aliphatic heterocycles. The van der Waals surface area contributed by atoms with Gasteiger partial charge in [-0.05, 0) is 18.2 Å². The van der Waals surface area contributed by atoms with E-state index in [-0.39, 0.29) is 5.03 Å². The molecule has 80 valence electrons. The summed E-state index contributed by atoms with van der Waals surface area (Å²) in [5, 5.41) is 4.80. The van der Waals surface area contributed by atoms with E-state index < -0.39 is 9.84 Å². The average Bonchev–Trinajstić information content (AvgIpc) is 2.43. The molecule has 6 heteroatoms. The van der Waals surface area contributed by atoms with E-state index >= 15 is 0 Å². The van der Waals surface area contributed by atoms with Crippen LogP contribution >= 0.6 is 15.9 Å². The van der Waals surface area contributed by atoms with Crippen molar-refractivity contribution in [2.75, 3.05) is 6.26 Å². The maximum atomic E-state index is 11.5. The van der Waals surface area contributed by atoms with E-state index in [1.807, 2.05) is 6.07 Å². The molecule has 0 amide bonds. The van der Waals surface area contributed by atoms with Crippen LogP contribution in [0.4, 0.5) is 0 Å². The molecule has 2 aromatic rings. The van der Waals surface area contributed by atoms with Gasteiger partial charge in [-0.1, -0.05) is 15.9 Å². The van der Waals surface area contributed by atoms with E-state index in [1.165, 1.54) is 0 Å². The Morgan fingerprint density at radius 2 is 2.07 bits per heavy atom. The largest absolute Gasteiger partial charge is 0.267 e. The molecule has 0 bridgehead atoms. The minimum Gasteiger partial charge on any atom is -0.267 e. The zero-order valence-electron chi connectivity index (χ0n) is 8.23. The van der Waals surface area contributed by atoms with Gasteiger partial charge in [0.25, 0.3) is 0 Å². The molecule has 0 N–H and O–H groups in total. The molecule has 0 unspecified atom stereocenters. The predicted octanol–water partition coefficient (Wildman–Crippen LogP) is 1.74. The molecule has 1 aromatic carbocycles. The van der Waals surface area contributed by atoms with Crippen molar-refractivity contribution in [1.29, 1.82) is 0 Å². The summed E-state index contributed by atoms with van der Waals surface area (Å²) in [4.78, 5) is 0. The van der Waals surface area contributed by atoms with Crippen LogP contribution in [0.15, 0.2) is 27.7 Å². The molecular formula is C9H9BrN2O2S. The summed E-state index contributed by atoms with van der Waals surface area (Å²) < 4.78 is 25.4. The van der Waals surface area contributed by atoms with Crippen molar-refractivity contribution in [3.8, 4) is 0 Å². The number of hydrogen-bond donors (Lipinski definition) is 0. The van der Waals surface area contributed by atoms with Crippen LogP contribution in [-0.2, 0) is 16.9 Å². The van der Waals surface area contributed by atoms with Crippen molar-refractivity contribution < 1.29 is 8.42 Å². The Morgan fingerprint density at radius 3 is 2.67 bits per heavy atom. The zero-order valence-corrected chi connectivity index (χ0v) is 10.6. The molecule has 0 spiro atoms. The van der Waals surface area contributed by atoms with Crippen LogP contribution in [0.2, 0.25) is 0 Å². The van der Waals surface area contributed by atoms with Gasteiger partial charge in [-0.25, -0.2) is 8.42 Å². The standard InChI is InChI=1S/C9H9BrN2O2S/c1-12-8-5-6(10)3-4-7(8)9(11-12)15(2,13)14/h3-5H,1-2H3. The van der Waals surface area contributed by atoms with E-state index in [0.29, 0.717) is 5.39 Å². The van der Waals surface area contributed by atoms with Crippen molar-refractivity contribution in [3.05, 3.63) is 22.7 Å². The van der Waals surface area contributed by atoms with Gasteiger partial charge in [0.1, 0.15) is 0 Å². The Hall–Kier alpha value is -0.880. The van der Waals surface area contributed by atoms with Crippen LogP contribution in [0.3, 0.4) is 0 Å². The molecule has 0 saturated heterocycles. The summed E-state index contributed by atoms with van der Waals surface area (Å²) in [6.07, 6.45) is 1.16. The summed E-state index contributed by atoms with van der Waals surface area (Å²) in [7, 11) is -1.54. The highest BCUT2D eigenvalue weighted by molar-refractivity contribution is 9.10. The maximum Gasteiger partial charge on any atom is 0.195 e. The second-order valence-electron chi connectivity index (χ2n) is 3.36. The quantitative estimate of drug-likeness (QED) is 0.803. The van der Waals surface area contributed by atoms with Crippen LogP contribution in [0.5, 0.6) is 0 Å². The van der Waals surface area contributed by atoms with Gasteiger partial charge >= 0.3 is 0 Å². The number of fused-ring (bicyclic) bond motifs is 1. The Kier molecular flexibility index (Phi) is 2.35. The number of aromatic nitrogens is 2. The molecular weight excluding hydrogens is 280 g/mol. The van der Waals surface area contributed by atoms with Gasteiger partial charge in [0.05, 0.1) is 5.52 Å². The first kappa shape index (κ1) is 10.6. The van der Waals surface area contributed by atoms with Gasteiger partial charge in [-0.3, -0.25) is 4.68 Å². The number of rotatable bonds is 1. The topological polar surface area (TPSA) is 52.0 Å². The van der Waals surface area contributed by atoms with Crippen LogP contribution in [-0.4, -0.2) is 24.5 Å². The van der Waals surface area contributed by atoms with Gasteiger partial charge in [0.2, 0.25) is 0 Å². The van der Waals surface area contributed by atoms with Gasteiger partial charge in [0, 0.05) is 23.2 Å². The summed E-state index contributed by atoms with van der Waals surface area (Å²) in [5.41, 5.74) is 0.796. The number of hydrogen-bond acceptors (Lipinski definition) is 3. The fourth-order valence-electron chi connectivity index (χ4n) is 1.47. The first-order valence-electron chi connectivity index (χ1n) is 4.22. The highest BCUT2D eigenvalue weighted by Gasteiger charge is 2.17. The third kappa shape index (κ3) is 1.79. The number of halogens is 1. The lowest BCUT2D eigenvalue weighted by atomic mass is 10.3. The molecule has 0 aliphatic carbocycles. The van der Waals surface area contributed by atoms with Crippen molar-refractivity contribution in [1.82, 2.24) is 9.78 Å². The first-order chi connectivity index (χ1) is 6.89.